The third-order valence-electron chi connectivity index (χ3n) is 3.79. The fraction of sp³-hybridized carbons (Fsp3) is 0.250. The van der Waals surface area contributed by atoms with Crippen LogP contribution in [0.1, 0.15) is 5.69 Å². The van der Waals surface area contributed by atoms with Crippen LogP contribution in [0.4, 0.5) is 5.82 Å². The molecular formula is C16H16N4O2S. The minimum Gasteiger partial charge on any atom is -0.354 e. The van der Waals surface area contributed by atoms with Crippen molar-refractivity contribution in [3.05, 3.63) is 54.2 Å². The molecule has 0 saturated carbocycles. The van der Waals surface area contributed by atoms with Crippen LogP contribution >= 0.6 is 0 Å². The number of hydrogen-bond donors (Lipinski definition) is 0. The lowest BCUT2D eigenvalue weighted by Crippen LogP contribution is -2.48. The number of sulfonamides is 1. The van der Waals surface area contributed by atoms with Gasteiger partial charge in [0.25, 0.3) is 0 Å². The van der Waals surface area contributed by atoms with E-state index in [0.717, 1.165) is 0 Å². The van der Waals surface area contributed by atoms with Gasteiger partial charge in [-0.1, -0.05) is 24.3 Å². The summed E-state index contributed by atoms with van der Waals surface area (Å²) in [6.07, 6.45) is 0. The molecule has 0 atom stereocenters. The number of piperazine rings is 1. The topological polar surface area (TPSA) is 77.3 Å². The highest BCUT2D eigenvalue weighted by molar-refractivity contribution is 7.89. The predicted octanol–water partition coefficient (Wildman–Crippen LogP) is 1.46. The second-order valence-corrected chi connectivity index (χ2v) is 7.13. The molecule has 23 heavy (non-hydrogen) atoms. The second kappa shape index (κ2) is 6.36. The molecular weight excluding hydrogens is 312 g/mol. The smallest absolute Gasteiger partial charge is 0.243 e. The van der Waals surface area contributed by atoms with E-state index in [4.69, 9.17) is 5.26 Å². The maximum absolute atomic E-state index is 12.6. The van der Waals surface area contributed by atoms with E-state index < -0.39 is 10.0 Å². The van der Waals surface area contributed by atoms with Gasteiger partial charge in [-0.25, -0.2) is 13.4 Å². The van der Waals surface area contributed by atoms with Crippen LogP contribution < -0.4 is 4.90 Å². The van der Waals surface area contributed by atoms with Gasteiger partial charge >= 0.3 is 0 Å². The number of benzene rings is 1. The lowest BCUT2D eigenvalue weighted by molar-refractivity contribution is 0.384. The molecule has 3 rings (SSSR count). The standard InChI is InChI=1S/C16H16N4O2S/c17-13-14-5-4-8-16(18-14)19-9-11-20(12-10-19)23(21,22)15-6-2-1-3-7-15/h1-8H,9-12H2. The first kappa shape index (κ1) is 15.5. The molecule has 0 amide bonds. The number of anilines is 1. The van der Waals surface area contributed by atoms with Crippen molar-refractivity contribution in [2.45, 2.75) is 4.90 Å². The summed E-state index contributed by atoms with van der Waals surface area (Å²) in [5, 5.41) is 8.92. The molecule has 2 aromatic rings. The van der Waals surface area contributed by atoms with E-state index in [1.54, 1.807) is 42.5 Å². The summed E-state index contributed by atoms with van der Waals surface area (Å²) in [5.41, 5.74) is 0.363. The molecule has 2 heterocycles. The van der Waals surface area contributed by atoms with E-state index in [2.05, 4.69) is 4.98 Å². The van der Waals surface area contributed by atoms with Crippen molar-refractivity contribution >= 4 is 15.8 Å². The van der Waals surface area contributed by atoms with E-state index in [1.165, 1.54) is 4.31 Å². The van der Waals surface area contributed by atoms with Gasteiger partial charge in [0.1, 0.15) is 17.6 Å². The lowest BCUT2D eigenvalue weighted by atomic mass is 10.3. The summed E-state index contributed by atoms with van der Waals surface area (Å²) in [4.78, 5) is 6.57. The van der Waals surface area contributed by atoms with E-state index >= 15 is 0 Å². The number of hydrogen-bond acceptors (Lipinski definition) is 5. The van der Waals surface area contributed by atoms with E-state index in [-0.39, 0.29) is 0 Å². The molecule has 0 radical (unpaired) electrons. The zero-order valence-electron chi connectivity index (χ0n) is 12.5. The predicted molar refractivity (Wildman–Crippen MR) is 86.4 cm³/mol. The first-order valence-corrected chi connectivity index (χ1v) is 8.72. The fourth-order valence-corrected chi connectivity index (χ4v) is 4.00. The van der Waals surface area contributed by atoms with Crippen molar-refractivity contribution in [1.29, 1.82) is 5.26 Å². The van der Waals surface area contributed by atoms with E-state index in [9.17, 15) is 8.42 Å². The average molecular weight is 328 g/mol. The molecule has 0 unspecified atom stereocenters. The molecule has 0 bridgehead atoms. The first-order valence-electron chi connectivity index (χ1n) is 7.28. The third kappa shape index (κ3) is 3.18. The van der Waals surface area contributed by atoms with Crippen LogP contribution in [0.25, 0.3) is 0 Å². The number of rotatable bonds is 3. The van der Waals surface area contributed by atoms with Crippen molar-refractivity contribution in [2.75, 3.05) is 31.1 Å². The molecule has 0 aliphatic carbocycles. The van der Waals surface area contributed by atoms with Crippen LogP contribution in [0.5, 0.6) is 0 Å². The Morgan fingerprint density at radius 1 is 0.957 bits per heavy atom. The number of nitriles is 1. The Hall–Kier alpha value is -2.43. The second-order valence-electron chi connectivity index (χ2n) is 5.20. The SMILES string of the molecule is N#Cc1cccc(N2CCN(S(=O)(=O)c3ccccc3)CC2)n1. The summed E-state index contributed by atoms with van der Waals surface area (Å²) in [6, 6.07) is 15.8. The van der Waals surface area contributed by atoms with Gasteiger partial charge in [-0.3, -0.25) is 0 Å². The van der Waals surface area contributed by atoms with E-state index in [1.807, 2.05) is 17.0 Å². The van der Waals surface area contributed by atoms with Crippen LogP contribution in [0.15, 0.2) is 53.4 Å². The Morgan fingerprint density at radius 2 is 1.65 bits per heavy atom. The Bertz CT molecular complexity index is 823. The van der Waals surface area contributed by atoms with Crippen molar-refractivity contribution < 1.29 is 8.42 Å². The van der Waals surface area contributed by atoms with Gasteiger partial charge in [0, 0.05) is 26.2 Å². The molecule has 1 aliphatic rings. The maximum atomic E-state index is 12.6. The Morgan fingerprint density at radius 3 is 2.30 bits per heavy atom. The van der Waals surface area contributed by atoms with Gasteiger partial charge in [-0.15, -0.1) is 0 Å². The largest absolute Gasteiger partial charge is 0.354 e. The monoisotopic (exact) mass is 328 g/mol. The zero-order chi connectivity index (χ0) is 16.3. The molecule has 6 nitrogen and oxygen atoms in total. The molecule has 1 fully saturated rings. The number of aromatic nitrogens is 1. The van der Waals surface area contributed by atoms with Crippen LogP contribution in [0.2, 0.25) is 0 Å². The highest BCUT2D eigenvalue weighted by atomic mass is 32.2. The highest BCUT2D eigenvalue weighted by Crippen LogP contribution is 2.19. The third-order valence-corrected chi connectivity index (χ3v) is 5.71. The lowest BCUT2D eigenvalue weighted by Gasteiger charge is -2.34. The van der Waals surface area contributed by atoms with Crippen molar-refractivity contribution in [3.8, 4) is 6.07 Å². The van der Waals surface area contributed by atoms with E-state index in [0.29, 0.717) is 42.6 Å². The number of pyridine rings is 1. The quantitative estimate of drug-likeness (QED) is 0.852. The van der Waals surface area contributed by atoms with Crippen LogP contribution in [0.3, 0.4) is 0 Å². The molecule has 1 saturated heterocycles. The molecule has 1 aromatic heterocycles. The highest BCUT2D eigenvalue weighted by Gasteiger charge is 2.28. The Balaban J connectivity index is 1.72. The van der Waals surface area contributed by atoms with Gasteiger partial charge in [0.05, 0.1) is 4.90 Å². The molecule has 1 aromatic carbocycles. The summed E-state index contributed by atoms with van der Waals surface area (Å²) >= 11 is 0. The minimum atomic E-state index is -3.45. The molecule has 7 heteroatoms. The fourth-order valence-electron chi connectivity index (χ4n) is 2.56. The molecule has 118 valence electrons. The maximum Gasteiger partial charge on any atom is 0.243 e. The molecule has 1 aliphatic heterocycles. The van der Waals surface area contributed by atoms with Gasteiger partial charge in [-0.05, 0) is 24.3 Å². The zero-order valence-corrected chi connectivity index (χ0v) is 13.3. The minimum absolute atomic E-state index is 0.318. The van der Waals surface area contributed by atoms with Crippen molar-refractivity contribution in [2.24, 2.45) is 0 Å². The first-order chi connectivity index (χ1) is 11.1. The Kier molecular flexibility index (Phi) is 4.28. The summed E-state index contributed by atoms with van der Waals surface area (Å²) < 4.78 is 26.7. The summed E-state index contributed by atoms with van der Waals surface area (Å²) in [5.74, 6) is 0.709. The summed E-state index contributed by atoms with van der Waals surface area (Å²) in [6.45, 7) is 1.90. The Labute approximate surface area is 135 Å². The van der Waals surface area contributed by atoms with Crippen LogP contribution in [-0.4, -0.2) is 43.9 Å². The van der Waals surface area contributed by atoms with Crippen molar-refractivity contribution in [3.63, 3.8) is 0 Å². The summed E-state index contributed by atoms with van der Waals surface area (Å²) in [7, 11) is -3.45. The van der Waals surface area contributed by atoms with Gasteiger partial charge in [-0.2, -0.15) is 9.57 Å². The molecule has 0 spiro atoms. The van der Waals surface area contributed by atoms with Crippen molar-refractivity contribution in [1.82, 2.24) is 9.29 Å². The number of nitrogens with zero attached hydrogens (tertiary/aromatic N) is 4. The van der Waals surface area contributed by atoms with Gasteiger partial charge in [0.15, 0.2) is 0 Å². The van der Waals surface area contributed by atoms with Crippen LogP contribution in [-0.2, 0) is 10.0 Å². The van der Waals surface area contributed by atoms with Crippen LogP contribution in [0, 0.1) is 11.3 Å². The van der Waals surface area contributed by atoms with Gasteiger partial charge in [0.2, 0.25) is 10.0 Å². The normalized spacial score (nSPS) is 16.0. The molecule has 0 N–H and O–H groups in total. The average Bonchev–Trinajstić information content (AvgIpc) is 2.62. The van der Waals surface area contributed by atoms with Gasteiger partial charge < -0.3 is 4.90 Å².